The number of hydrogen-bond donors (Lipinski definition) is 1. The van der Waals surface area contributed by atoms with Crippen LogP contribution in [0.2, 0.25) is 0 Å². The van der Waals surface area contributed by atoms with Crippen LogP contribution in [0.1, 0.15) is 16.1 Å². The van der Waals surface area contributed by atoms with E-state index < -0.39 is 0 Å². The largest absolute Gasteiger partial charge is 0.489 e. The van der Waals surface area contributed by atoms with Crippen LogP contribution in [-0.2, 0) is 4.74 Å². The second kappa shape index (κ2) is 7.28. The Labute approximate surface area is 131 Å². The van der Waals surface area contributed by atoms with Crippen LogP contribution in [0, 0.1) is 6.92 Å². The summed E-state index contributed by atoms with van der Waals surface area (Å²) in [6.07, 6.45) is 0. The summed E-state index contributed by atoms with van der Waals surface area (Å²) < 4.78 is 16.3. The Balaban J connectivity index is 2.13. The number of anilines is 1. The minimum absolute atomic E-state index is 0.227. The Hall–Kier alpha value is -1.79. The van der Waals surface area contributed by atoms with E-state index in [0.717, 1.165) is 5.56 Å². The summed E-state index contributed by atoms with van der Waals surface area (Å²) in [5.41, 5.74) is 1.63. The van der Waals surface area contributed by atoms with Crippen LogP contribution in [0.3, 0.4) is 0 Å². The van der Waals surface area contributed by atoms with Gasteiger partial charge in [0.05, 0.1) is 12.3 Å². The molecule has 6 heteroatoms. The molecule has 0 radical (unpaired) electrons. The smallest absolute Gasteiger partial charge is 0.291 e. The Kier molecular flexibility index (Phi) is 5.41. The summed E-state index contributed by atoms with van der Waals surface area (Å²) in [7, 11) is 1.61. The molecule has 0 bridgehead atoms. The van der Waals surface area contributed by atoms with Crippen molar-refractivity contribution in [2.45, 2.75) is 6.92 Å². The minimum Gasteiger partial charge on any atom is -0.489 e. The number of carbonyl (C=O) groups excluding carboxylic acids is 1. The number of nitrogens with one attached hydrogen (secondary N) is 1. The monoisotopic (exact) mass is 353 g/mol. The second-order valence-electron chi connectivity index (χ2n) is 4.40. The number of methoxy groups -OCH3 is 1. The van der Waals surface area contributed by atoms with E-state index in [9.17, 15) is 4.79 Å². The lowest BCUT2D eigenvalue weighted by Crippen LogP contribution is -2.13. The summed E-state index contributed by atoms with van der Waals surface area (Å²) in [5.74, 6) is 0.498. The average molecular weight is 354 g/mol. The number of rotatable bonds is 6. The van der Waals surface area contributed by atoms with Crippen molar-refractivity contribution in [1.29, 1.82) is 0 Å². The molecule has 0 aliphatic rings. The van der Waals surface area contributed by atoms with Crippen molar-refractivity contribution < 1.29 is 18.7 Å². The quantitative estimate of drug-likeness (QED) is 0.805. The van der Waals surface area contributed by atoms with E-state index in [1.807, 2.05) is 19.1 Å². The van der Waals surface area contributed by atoms with Gasteiger partial charge in [-0.2, -0.15) is 0 Å². The molecule has 0 aliphatic carbocycles. The average Bonchev–Trinajstić information content (AvgIpc) is 2.88. The topological polar surface area (TPSA) is 60.7 Å². The van der Waals surface area contributed by atoms with Gasteiger partial charge in [0.1, 0.15) is 12.4 Å². The molecule has 1 heterocycles. The first-order chi connectivity index (χ1) is 10.1. The van der Waals surface area contributed by atoms with Crippen molar-refractivity contribution in [3.8, 4) is 5.75 Å². The number of amides is 1. The van der Waals surface area contributed by atoms with Crippen LogP contribution in [0.25, 0.3) is 0 Å². The highest BCUT2D eigenvalue weighted by Crippen LogP contribution is 2.26. The lowest BCUT2D eigenvalue weighted by molar-refractivity contribution is 0.0994. The van der Waals surface area contributed by atoms with Crippen molar-refractivity contribution >= 4 is 27.5 Å². The van der Waals surface area contributed by atoms with Crippen LogP contribution in [0.4, 0.5) is 5.69 Å². The fourth-order valence-corrected chi connectivity index (χ4v) is 2.01. The van der Waals surface area contributed by atoms with Crippen molar-refractivity contribution in [3.05, 3.63) is 46.3 Å². The predicted molar refractivity (Wildman–Crippen MR) is 82.9 cm³/mol. The van der Waals surface area contributed by atoms with Gasteiger partial charge in [-0.25, -0.2) is 0 Å². The minimum atomic E-state index is -0.332. The molecule has 0 spiro atoms. The third-order valence-corrected chi connectivity index (χ3v) is 3.15. The molecule has 0 unspecified atom stereocenters. The Morgan fingerprint density at radius 2 is 2.10 bits per heavy atom. The molecular weight excluding hydrogens is 338 g/mol. The highest BCUT2D eigenvalue weighted by Gasteiger charge is 2.13. The standard InChI is InChI=1S/C15H16BrNO4/c1-10-3-4-11(13(9-10)20-8-7-19-2)17-15(18)12-5-6-14(16)21-12/h3-6,9H,7-8H2,1-2H3,(H,17,18). The maximum Gasteiger partial charge on any atom is 0.291 e. The van der Waals surface area contributed by atoms with Crippen molar-refractivity contribution in [2.75, 3.05) is 25.6 Å². The van der Waals surface area contributed by atoms with Crippen LogP contribution in [-0.4, -0.2) is 26.2 Å². The lowest BCUT2D eigenvalue weighted by Gasteiger charge is -2.12. The van der Waals surface area contributed by atoms with E-state index in [-0.39, 0.29) is 11.7 Å². The zero-order valence-corrected chi connectivity index (χ0v) is 13.4. The predicted octanol–water partition coefficient (Wildman–Crippen LogP) is 3.63. The molecule has 1 amide bonds. The molecule has 112 valence electrons. The van der Waals surface area contributed by atoms with Crippen LogP contribution < -0.4 is 10.1 Å². The summed E-state index contributed by atoms with van der Waals surface area (Å²) in [4.78, 5) is 12.1. The molecule has 2 rings (SSSR count). The van der Waals surface area contributed by atoms with Crippen LogP contribution >= 0.6 is 15.9 Å². The summed E-state index contributed by atoms with van der Waals surface area (Å²) >= 11 is 3.17. The molecule has 1 aromatic heterocycles. The molecule has 21 heavy (non-hydrogen) atoms. The van der Waals surface area contributed by atoms with Gasteiger partial charge in [0, 0.05) is 7.11 Å². The number of aryl methyl sites for hydroxylation is 1. The summed E-state index contributed by atoms with van der Waals surface area (Å²) in [6.45, 7) is 2.85. The van der Waals surface area contributed by atoms with Crippen LogP contribution in [0.5, 0.6) is 5.75 Å². The van der Waals surface area contributed by atoms with Gasteiger partial charge in [0.2, 0.25) is 0 Å². The number of hydrogen-bond acceptors (Lipinski definition) is 4. The van der Waals surface area contributed by atoms with Gasteiger partial charge in [0.25, 0.3) is 5.91 Å². The van der Waals surface area contributed by atoms with Crippen molar-refractivity contribution in [3.63, 3.8) is 0 Å². The lowest BCUT2D eigenvalue weighted by atomic mass is 10.2. The molecule has 0 aliphatic heterocycles. The van der Waals surface area contributed by atoms with Gasteiger partial charge in [-0.05, 0) is 52.7 Å². The van der Waals surface area contributed by atoms with Crippen molar-refractivity contribution in [1.82, 2.24) is 0 Å². The molecule has 0 atom stereocenters. The number of benzene rings is 1. The second-order valence-corrected chi connectivity index (χ2v) is 5.18. The number of ether oxygens (including phenoxy) is 2. The number of furan rings is 1. The molecule has 0 saturated carbocycles. The normalized spacial score (nSPS) is 10.4. The molecule has 2 aromatic rings. The van der Waals surface area contributed by atoms with E-state index in [0.29, 0.717) is 29.3 Å². The maximum absolute atomic E-state index is 12.1. The number of halogens is 1. The van der Waals surface area contributed by atoms with E-state index >= 15 is 0 Å². The van der Waals surface area contributed by atoms with E-state index in [2.05, 4.69) is 21.2 Å². The zero-order chi connectivity index (χ0) is 15.2. The van der Waals surface area contributed by atoms with Gasteiger partial charge >= 0.3 is 0 Å². The zero-order valence-electron chi connectivity index (χ0n) is 11.8. The van der Waals surface area contributed by atoms with Gasteiger partial charge in [0.15, 0.2) is 10.4 Å². The first-order valence-corrected chi connectivity index (χ1v) is 7.18. The van der Waals surface area contributed by atoms with E-state index in [4.69, 9.17) is 13.9 Å². The summed E-state index contributed by atoms with van der Waals surface area (Å²) in [5, 5.41) is 2.77. The van der Waals surface area contributed by atoms with Gasteiger partial charge in [-0.3, -0.25) is 4.79 Å². The molecular formula is C15H16BrNO4. The Morgan fingerprint density at radius 3 is 2.76 bits per heavy atom. The highest BCUT2D eigenvalue weighted by atomic mass is 79.9. The molecule has 1 N–H and O–H groups in total. The SMILES string of the molecule is COCCOc1cc(C)ccc1NC(=O)c1ccc(Br)o1. The molecule has 1 aromatic carbocycles. The van der Waals surface area contributed by atoms with Crippen LogP contribution in [0.15, 0.2) is 39.4 Å². The first-order valence-electron chi connectivity index (χ1n) is 6.39. The maximum atomic E-state index is 12.1. The third kappa shape index (κ3) is 4.34. The Bertz CT molecular complexity index is 624. The first kappa shape index (κ1) is 15.6. The molecule has 5 nitrogen and oxygen atoms in total. The van der Waals surface area contributed by atoms with Gasteiger partial charge in [-0.1, -0.05) is 6.07 Å². The highest BCUT2D eigenvalue weighted by molar-refractivity contribution is 9.10. The van der Waals surface area contributed by atoms with Gasteiger partial charge < -0.3 is 19.2 Å². The van der Waals surface area contributed by atoms with E-state index in [1.54, 1.807) is 25.3 Å². The fraction of sp³-hybridized carbons (Fsp3) is 0.267. The molecule has 0 fully saturated rings. The van der Waals surface area contributed by atoms with Crippen molar-refractivity contribution in [2.24, 2.45) is 0 Å². The fourth-order valence-electron chi connectivity index (χ4n) is 1.71. The molecule has 0 saturated heterocycles. The number of carbonyl (C=O) groups is 1. The third-order valence-electron chi connectivity index (χ3n) is 2.73. The Morgan fingerprint density at radius 1 is 1.29 bits per heavy atom. The van der Waals surface area contributed by atoms with E-state index in [1.165, 1.54) is 0 Å². The van der Waals surface area contributed by atoms with Gasteiger partial charge in [-0.15, -0.1) is 0 Å². The summed E-state index contributed by atoms with van der Waals surface area (Å²) in [6, 6.07) is 8.83.